The Kier molecular flexibility index (Phi) is 5.81. The van der Waals surface area contributed by atoms with Crippen LogP contribution in [0.3, 0.4) is 0 Å². The minimum absolute atomic E-state index is 0.521. The van der Waals surface area contributed by atoms with Gasteiger partial charge in [0.05, 0.1) is 13.2 Å². The molecule has 0 amide bonds. The van der Waals surface area contributed by atoms with Gasteiger partial charge in [-0.1, -0.05) is 28.1 Å². The molecule has 1 aliphatic carbocycles. The van der Waals surface area contributed by atoms with Crippen molar-refractivity contribution in [3.8, 4) is 0 Å². The van der Waals surface area contributed by atoms with E-state index in [9.17, 15) is 0 Å². The second kappa shape index (κ2) is 8.28. The number of nitrogens with zero attached hydrogens (tertiary/aromatic N) is 3. The highest BCUT2D eigenvalue weighted by molar-refractivity contribution is 9.10. The zero-order valence-corrected chi connectivity index (χ0v) is 17.1. The van der Waals surface area contributed by atoms with Gasteiger partial charge in [0.15, 0.2) is 5.96 Å². The van der Waals surface area contributed by atoms with Crippen LogP contribution < -0.4 is 5.32 Å². The van der Waals surface area contributed by atoms with Gasteiger partial charge in [-0.15, -0.1) is 0 Å². The van der Waals surface area contributed by atoms with Crippen LogP contribution >= 0.6 is 15.9 Å². The van der Waals surface area contributed by atoms with Crippen molar-refractivity contribution in [3.05, 3.63) is 34.3 Å². The Morgan fingerprint density at radius 3 is 2.73 bits per heavy atom. The van der Waals surface area contributed by atoms with Crippen molar-refractivity contribution in [2.24, 2.45) is 10.9 Å². The van der Waals surface area contributed by atoms with E-state index in [2.05, 4.69) is 60.3 Å². The van der Waals surface area contributed by atoms with Crippen LogP contribution in [0.25, 0.3) is 0 Å². The van der Waals surface area contributed by atoms with Gasteiger partial charge >= 0.3 is 0 Å². The largest absolute Gasteiger partial charge is 0.379 e. The molecule has 2 aliphatic heterocycles. The van der Waals surface area contributed by atoms with Gasteiger partial charge in [-0.25, -0.2) is 0 Å². The van der Waals surface area contributed by atoms with E-state index in [1.807, 2.05) is 7.05 Å². The van der Waals surface area contributed by atoms with Crippen LogP contribution in [0.5, 0.6) is 0 Å². The van der Waals surface area contributed by atoms with Gasteiger partial charge in [-0.2, -0.15) is 0 Å². The molecule has 0 bridgehead atoms. The molecule has 2 heterocycles. The van der Waals surface area contributed by atoms with Gasteiger partial charge in [0.25, 0.3) is 0 Å². The highest BCUT2D eigenvalue weighted by atomic mass is 79.9. The van der Waals surface area contributed by atoms with Crippen molar-refractivity contribution in [1.29, 1.82) is 0 Å². The molecule has 1 aromatic carbocycles. The Bertz CT molecular complexity index is 629. The molecule has 2 saturated heterocycles. The van der Waals surface area contributed by atoms with E-state index in [1.54, 1.807) is 0 Å². The minimum Gasteiger partial charge on any atom is -0.379 e. The van der Waals surface area contributed by atoms with Crippen LogP contribution in [0.4, 0.5) is 0 Å². The fourth-order valence-corrected chi connectivity index (χ4v) is 4.48. The minimum atomic E-state index is 0.521. The lowest BCUT2D eigenvalue weighted by molar-refractivity contribution is 0.0315. The molecule has 26 heavy (non-hydrogen) atoms. The molecule has 0 spiro atoms. The van der Waals surface area contributed by atoms with E-state index in [0.29, 0.717) is 12.0 Å². The van der Waals surface area contributed by atoms with Crippen LogP contribution in [0.15, 0.2) is 33.7 Å². The summed E-state index contributed by atoms with van der Waals surface area (Å²) in [5.41, 5.74) is 1.42. The molecule has 1 saturated carbocycles. The van der Waals surface area contributed by atoms with Gasteiger partial charge in [0.1, 0.15) is 0 Å². The maximum Gasteiger partial charge on any atom is 0.193 e. The van der Waals surface area contributed by atoms with Crippen molar-refractivity contribution >= 4 is 21.9 Å². The fourth-order valence-electron chi connectivity index (χ4n) is 4.22. The first-order valence-corrected chi connectivity index (χ1v) is 10.6. The number of hydrogen-bond acceptors (Lipinski definition) is 3. The Hall–Kier alpha value is -1.11. The van der Waals surface area contributed by atoms with Crippen molar-refractivity contribution in [2.75, 3.05) is 53.0 Å². The van der Waals surface area contributed by atoms with E-state index < -0.39 is 0 Å². The first kappa shape index (κ1) is 18.3. The van der Waals surface area contributed by atoms with Gasteiger partial charge in [0.2, 0.25) is 0 Å². The smallest absolute Gasteiger partial charge is 0.193 e. The van der Waals surface area contributed by atoms with Gasteiger partial charge in [0, 0.05) is 56.2 Å². The number of likely N-dealkylation sites (tertiary alicyclic amines) is 1. The number of aliphatic imine (C=N–C) groups is 1. The van der Waals surface area contributed by atoms with Crippen LogP contribution in [0.2, 0.25) is 0 Å². The maximum atomic E-state index is 5.46. The predicted octanol–water partition coefficient (Wildman–Crippen LogP) is 2.53. The molecular weight excluding hydrogens is 392 g/mol. The first-order chi connectivity index (χ1) is 12.7. The van der Waals surface area contributed by atoms with E-state index in [0.717, 1.165) is 55.7 Å². The van der Waals surface area contributed by atoms with Gasteiger partial charge in [-0.3, -0.25) is 9.89 Å². The van der Waals surface area contributed by atoms with Gasteiger partial charge in [-0.05, 0) is 36.5 Å². The molecule has 5 nitrogen and oxygen atoms in total. The molecular formula is C20H29BrN4O. The summed E-state index contributed by atoms with van der Waals surface area (Å²) in [7, 11) is 1.91. The monoisotopic (exact) mass is 420 g/mol. The summed E-state index contributed by atoms with van der Waals surface area (Å²) in [6, 6.07) is 9.25. The highest BCUT2D eigenvalue weighted by Crippen LogP contribution is 2.41. The van der Waals surface area contributed by atoms with E-state index in [4.69, 9.17) is 4.74 Å². The normalized spacial score (nSPS) is 29.8. The third-order valence-corrected chi connectivity index (χ3v) is 6.35. The fraction of sp³-hybridized carbons (Fsp3) is 0.650. The number of morpholine rings is 1. The zero-order chi connectivity index (χ0) is 17.9. The van der Waals surface area contributed by atoms with Crippen LogP contribution in [0.1, 0.15) is 24.3 Å². The second-order valence-corrected chi connectivity index (χ2v) is 8.62. The molecule has 3 fully saturated rings. The quantitative estimate of drug-likeness (QED) is 0.599. The molecule has 1 aromatic rings. The summed E-state index contributed by atoms with van der Waals surface area (Å²) in [4.78, 5) is 9.56. The third kappa shape index (κ3) is 4.41. The molecule has 4 rings (SSSR count). The summed E-state index contributed by atoms with van der Waals surface area (Å²) in [5.74, 6) is 2.44. The summed E-state index contributed by atoms with van der Waals surface area (Å²) in [5, 5.41) is 3.70. The summed E-state index contributed by atoms with van der Waals surface area (Å²) >= 11 is 3.52. The molecule has 3 atom stereocenters. The van der Waals surface area contributed by atoms with E-state index in [-0.39, 0.29) is 0 Å². The zero-order valence-electron chi connectivity index (χ0n) is 15.5. The Balaban J connectivity index is 1.26. The number of nitrogens with one attached hydrogen (secondary N) is 1. The van der Waals surface area contributed by atoms with Crippen LogP contribution in [-0.2, 0) is 4.74 Å². The molecule has 0 radical (unpaired) electrons. The number of halogens is 1. The molecule has 3 aliphatic rings. The number of ether oxygens (including phenoxy) is 1. The predicted molar refractivity (Wildman–Crippen MR) is 109 cm³/mol. The van der Waals surface area contributed by atoms with Gasteiger partial charge < -0.3 is 15.0 Å². The summed E-state index contributed by atoms with van der Waals surface area (Å²) in [6.45, 7) is 7.37. The van der Waals surface area contributed by atoms with Crippen molar-refractivity contribution in [1.82, 2.24) is 15.1 Å². The average Bonchev–Trinajstić information content (AvgIpc) is 3.29. The number of rotatable bonds is 4. The first-order valence-electron chi connectivity index (χ1n) is 9.77. The average molecular weight is 421 g/mol. The molecule has 142 valence electrons. The van der Waals surface area contributed by atoms with E-state index >= 15 is 0 Å². The molecule has 0 aromatic heterocycles. The number of hydrogen-bond donors (Lipinski definition) is 1. The maximum absolute atomic E-state index is 5.46. The molecule has 1 N–H and O–H groups in total. The van der Waals surface area contributed by atoms with Crippen LogP contribution in [0, 0.1) is 5.92 Å². The standard InChI is InChI=1S/C20H29BrN4O/c1-22-20(23-19-12-18(19)16-2-4-17(21)5-3-16)25-7-6-15(14-25)13-24-8-10-26-11-9-24/h2-5,15,18-19H,6-14H2,1H3,(H,22,23). The summed E-state index contributed by atoms with van der Waals surface area (Å²) < 4.78 is 6.60. The Labute approximate surface area is 164 Å². The Morgan fingerprint density at radius 1 is 1.23 bits per heavy atom. The number of benzene rings is 1. The highest BCUT2D eigenvalue weighted by Gasteiger charge is 2.40. The molecule has 3 unspecified atom stereocenters. The SMILES string of the molecule is CN=C(NC1CC1c1ccc(Br)cc1)N1CCC(CN2CCOCC2)C1. The number of guanidine groups is 1. The van der Waals surface area contributed by atoms with Crippen molar-refractivity contribution < 1.29 is 4.74 Å². The Morgan fingerprint density at radius 2 is 2.00 bits per heavy atom. The lowest BCUT2D eigenvalue weighted by Gasteiger charge is -2.29. The lowest BCUT2D eigenvalue weighted by Crippen LogP contribution is -2.43. The van der Waals surface area contributed by atoms with Crippen molar-refractivity contribution in [3.63, 3.8) is 0 Å². The second-order valence-electron chi connectivity index (χ2n) is 7.71. The van der Waals surface area contributed by atoms with E-state index in [1.165, 1.54) is 24.9 Å². The third-order valence-electron chi connectivity index (χ3n) is 5.82. The van der Waals surface area contributed by atoms with Crippen LogP contribution in [-0.4, -0.2) is 74.8 Å². The summed E-state index contributed by atoms with van der Waals surface area (Å²) in [6.07, 6.45) is 2.46. The van der Waals surface area contributed by atoms with Crippen molar-refractivity contribution in [2.45, 2.75) is 24.8 Å². The topological polar surface area (TPSA) is 40.1 Å². The lowest BCUT2D eigenvalue weighted by atomic mass is 10.1. The molecule has 6 heteroatoms.